The van der Waals surface area contributed by atoms with Crippen LogP contribution in [0.5, 0.6) is 0 Å². The van der Waals surface area contributed by atoms with Crippen molar-refractivity contribution in [3.8, 4) is 0 Å². The van der Waals surface area contributed by atoms with E-state index in [1.54, 1.807) is 83.1 Å². The first kappa shape index (κ1) is 70.8. The molecule has 0 saturated carbocycles. The Kier molecular flexibility index (Phi) is 26.0. The number of piperidine rings is 2. The van der Waals surface area contributed by atoms with E-state index in [4.69, 9.17) is 25.0 Å². The smallest absolute Gasteiger partial charge is 0.413 e. The Hall–Kier alpha value is -9.69. The van der Waals surface area contributed by atoms with Crippen molar-refractivity contribution in [1.29, 1.82) is 10.8 Å². The molecule has 0 radical (unpaired) electrons. The summed E-state index contributed by atoms with van der Waals surface area (Å²) in [6, 6.07) is 46.8. The van der Waals surface area contributed by atoms with Crippen LogP contribution in [0.25, 0.3) is 0 Å². The van der Waals surface area contributed by atoms with Crippen LogP contribution in [-0.2, 0) is 59.7 Å². The number of amides is 7. The number of likely N-dealkylation sites (tertiary alicyclic amines) is 1. The molecule has 0 aliphatic carbocycles. The van der Waals surface area contributed by atoms with Crippen LogP contribution in [0.4, 0.5) is 14.4 Å². The number of hydrogen-bond acceptors (Lipinski definition) is 13. The Morgan fingerprint density at radius 1 is 0.527 bits per heavy atom. The third-order valence-electron chi connectivity index (χ3n) is 16.2. The number of ether oxygens (including phenoxy) is 3. The van der Waals surface area contributed by atoms with Crippen molar-refractivity contribution in [3.63, 3.8) is 0 Å². The van der Waals surface area contributed by atoms with Crippen LogP contribution >= 0.6 is 0 Å². The molecule has 6 aromatic rings. The highest BCUT2D eigenvalue weighted by Gasteiger charge is 2.40. The Morgan fingerprint density at radius 2 is 0.935 bits per heavy atom. The zero-order chi connectivity index (χ0) is 67.2. The highest BCUT2D eigenvalue weighted by molar-refractivity contribution is 6.05. The first-order valence-electron chi connectivity index (χ1n) is 31.8. The fourth-order valence-corrected chi connectivity index (χ4v) is 10.7. The first-order valence-corrected chi connectivity index (χ1v) is 31.8. The maximum atomic E-state index is 13.6. The van der Waals surface area contributed by atoms with Gasteiger partial charge in [0.05, 0.1) is 6.04 Å². The Balaban J connectivity index is 0.000000266. The number of carbonyl (C=O) groups excluding carboxylic acids is 7. The second kappa shape index (κ2) is 34.1. The van der Waals surface area contributed by atoms with Crippen molar-refractivity contribution in [1.82, 2.24) is 42.1 Å². The number of alkyl carbamates (subject to hydrolysis) is 2. The van der Waals surface area contributed by atoms with Gasteiger partial charge in [0.1, 0.15) is 48.6 Å². The van der Waals surface area contributed by atoms with E-state index in [0.29, 0.717) is 54.7 Å². The monoisotopic (exact) mass is 1270 g/mol. The van der Waals surface area contributed by atoms with Crippen LogP contribution in [-0.4, -0.2) is 101 Å². The van der Waals surface area contributed by atoms with Gasteiger partial charge >= 0.3 is 18.3 Å². The molecule has 0 aromatic heterocycles. The second-order valence-electron chi connectivity index (χ2n) is 25.2. The van der Waals surface area contributed by atoms with Gasteiger partial charge in [-0.05, 0) is 135 Å². The minimum atomic E-state index is -0.865. The molecule has 2 fully saturated rings. The lowest BCUT2D eigenvalue weighted by molar-refractivity contribution is -0.132. The summed E-state index contributed by atoms with van der Waals surface area (Å²) in [4.78, 5) is 91.1. The van der Waals surface area contributed by atoms with Crippen molar-refractivity contribution in [2.24, 2.45) is 0 Å². The largest absolute Gasteiger partial charge is 0.444 e. The summed E-state index contributed by atoms with van der Waals surface area (Å²) in [7, 11) is 0. The van der Waals surface area contributed by atoms with Crippen LogP contribution in [0, 0.1) is 10.8 Å². The van der Waals surface area contributed by atoms with Gasteiger partial charge in [-0.15, -0.1) is 0 Å². The molecule has 2 heterocycles. The molecule has 0 unspecified atom stereocenters. The highest BCUT2D eigenvalue weighted by Crippen LogP contribution is 2.33. The van der Waals surface area contributed by atoms with Gasteiger partial charge in [0.2, 0.25) is 23.6 Å². The van der Waals surface area contributed by atoms with Gasteiger partial charge in [-0.1, -0.05) is 185 Å². The molecule has 20 nitrogen and oxygen atoms in total. The Morgan fingerprint density at radius 3 is 1.35 bits per heavy atom. The number of carbonyl (C=O) groups is 7. The van der Waals surface area contributed by atoms with Crippen molar-refractivity contribution in [2.45, 2.75) is 168 Å². The van der Waals surface area contributed by atoms with Crippen LogP contribution in [0.2, 0.25) is 0 Å². The van der Waals surface area contributed by atoms with Gasteiger partial charge in [0, 0.05) is 30.8 Å². The summed E-state index contributed by atoms with van der Waals surface area (Å²) < 4.78 is 16.1. The summed E-state index contributed by atoms with van der Waals surface area (Å²) in [6.45, 7) is 18.8. The lowest BCUT2D eigenvalue weighted by Gasteiger charge is -2.39. The minimum Gasteiger partial charge on any atom is -0.444 e. The molecule has 9 N–H and O–H groups in total. The van der Waals surface area contributed by atoms with Crippen LogP contribution in [0.15, 0.2) is 158 Å². The lowest BCUT2D eigenvalue weighted by atomic mass is 9.85. The van der Waals surface area contributed by atoms with Crippen molar-refractivity contribution in [3.05, 3.63) is 213 Å². The van der Waals surface area contributed by atoms with E-state index in [2.05, 4.69) is 77.0 Å². The van der Waals surface area contributed by atoms with E-state index in [1.165, 1.54) is 21.6 Å². The number of rotatable bonds is 20. The summed E-state index contributed by atoms with van der Waals surface area (Å²) in [6.07, 6.45) is 0.758. The zero-order valence-corrected chi connectivity index (χ0v) is 54.7. The third-order valence-corrected chi connectivity index (χ3v) is 16.2. The highest BCUT2D eigenvalue weighted by atomic mass is 16.6. The van der Waals surface area contributed by atoms with E-state index in [0.717, 1.165) is 40.8 Å². The van der Waals surface area contributed by atoms with E-state index >= 15 is 0 Å². The topological polar surface area (TPSA) is 282 Å². The molecular weight excluding hydrogens is 1180 g/mol. The lowest BCUT2D eigenvalue weighted by Crippen LogP contribution is -2.57. The van der Waals surface area contributed by atoms with Gasteiger partial charge in [-0.2, -0.15) is 0 Å². The Labute approximate surface area is 546 Å². The molecule has 0 bridgehead atoms. The number of amidine groups is 2. The van der Waals surface area contributed by atoms with Gasteiger partial charge in [-0.25, -0.2) is 14.4 Å². The molecule has 8 rings (SSSR count). The third kappa shape index (κ3) is 22.3. The molecule has 93 heavy (non-hydrogen) atoms. The van der Waals surface area contributed by atoms with Gasteiger partial charge in [0.25, 0.3) is 0 Å². The summed E-state index contributed by atoms with van der Waals surface area (Å²) >= 11 is 0. The fourth-order valence-electron chi connectivity index (χ4n) is 10.7. The normalized spacial score (nSPS) is 16.8. The van der Waals surface area contributed by atoms with Crippen molar-refractivity contribution in [2.75, 3.05) is 13.1 Å². The predicted molar refractivity (Wildman–Crippen MR) is 359 cm³/mol. The summed E-state index contributed by atoms with van der Waals surface area (Å²) in [5, 5.41) is 35.9. The number of benzene rings is 6. The molecule has 2 aliphatic rings. The van der Waals surface area contributed by atoms with Gasteiger partial charge in [0.15, 0.2) is 0 Å². The van der Waals surface area contributed by atoms with Gasteiger partial charge < -0.3 is 40.8 Å². The molecule has 6 atom stereocenters. The molecule has 7 amide bonds. The second-order valence-corrected chi connectivity index (χ2v) is 25.2. The van der Waals surface area contributed by atoms with Crippen molar-refractivity contribution >= 4 is 53.6 Å². The van der Waals surface area contributed by atoms with E-state index in [9.17, 15) is 33.6 Å². The molecule has 6 aromatic carbocycles. The fraction of sp³-hybridized carbons (Fsp3) is 0.384. The van der Waals surface area contributed by atoms with E-state index in [-0.39, 0.29) is 61.7 Å². The molecule has 0 spiro atoms. The van der Waals surface area contributed by atoms with Crippen molar-refractivity contribution < 1.29 is 47.8 Å². The summed E-state index contributed by atoms with van der Waals surface area (Å²) in [5.74, 6) is -0.260. The number of nitrogens with one attached hydrogen (secondary N) is 9. The standard InChI is InChI=1S/C39H49N5O6.C34H41N5O4/c1-25(2)29-16-14-28(15-17-29)24-49-37(47)43-34(40)31-18-12-27(13-19-31)23-41-35(45)26(3)42-36(46)33-22-32(30-10-8-7-9-11-30)20-21-44(33)38(48)50-39(4,5)6;1-22(2)26-13-11-25(12-14-26)21-43-34(42)39-31(35)28-15-9-24(10-16-28)20-37-32(40)23(3)38-33(41)30-19-29(17-18-36-30)27-7-5-4-6-8-27/h7-19,25-26,32-33H,20-24H2,1-6H3,(H,41,45)(H,42,46)(H2,40,43,47);4-16,22-23,29-30,36H,17-21H2,1-3H3,(H,37,40)(H,38,41)(H2,35,39,42)/t26-,32-,33+;23-,29-,30+/m00/s1. The molecule has 20 heteroatoms. The van der Waals surface area contributed by atoms with Crippen LogP contribution in [0.1, 0.15) is 167 Å². The summed E-state index contributed by atoms with van der Waals surface area (Å²) in [5.41, 5.74) is 8.28. The van der Waals surface area contributed by atoms with E-state index in [1.807, 2.05) is 97.1 Å². The first-order chi connectivity index (χ1) is 44.4. The van der Waals surface area contributed by atoms with Crippen LogP contribution < -0.4 is 37.2 Å². The van der Waals surface area contributed by atoms with E-state index < -0.39 is 53.8 Å². The maximum Gasteiger partial charge on any atom is 0.413 e. The predicted octanol–water partition coefficient (Wildman–Crippen LogP) is 11.1. The Bertz CT molecular complexity index is 3490. The average molecular weight is 1270 g/mol. The minimum absolute atomic E-state index is 0.0765. The average Bonchev–Trinajstić information content (AvgIpc) is 1.07. The number of nitrogens with zero attached hydrogens (tertiary/aromatic N) is 1. The van der Waals surface area contributed by atoms with Crippen LogP contribution in [0.3, 0.4) is 0 Å². The molecular formula is C73H90N10O10. The SMILES string of the molecule is CC(C)c1ccc(COC(=O)NC(=N)c2ccc(CNC(=O)[C@H](C)NC(=O)[C@H]3C[C@@H](c4ccccc4)CCN3)cc2)cc1.CC(C)c1ccc(COC(=O)NC(=N)c2ccc(CNC(=O)[C@H](C)NC(=O)[C@H]3C[C@@H](c4ccccc4)CCN3C(=O)OC(C)(C)C)cc2)cc1. The zero-order valence-electron chi connectivity index (χ0n) is 54.7. The maximum absolute atomic E-state index is 13.6. The molecule has 2 aliphatic heterocycles. The molecule has 492 valence electrons. The number of hydrogen-bond donors (Lipinski definition) is 9. The molecule has 2 saturated heterocycles. The van der Waals surface area contributed by atoms with Gasteiger partial charge in [-0.3, -0.25) is 45.5 Å². The quantitative estimate of drug-likeness (QED) is 0.0197.